The molecule has 3 rings (SSSR count). The van der Waals surface area contributed by atoms with E-state index in [1.54, 1.807) is 32.4 Å². The Labute approximate surface area is 127 Å². The van der Waals surface area contributed by atoms with Crippen LogP contribution < -0.4 is 16.0 Å². The van der Waals surface area contributed by atoms with E-state index in [9.17, 15) is 9.59 Å². The fourth-order valence-electron chi connectivity index (χ4n) is 2.52. The van der Waals surface area contributed by atoms with Crippen LogP contribution in [-0.2, 0) is 13.6 Å². The summed E-state index contributed by atoms with van der Waals surface area (Å²) in [5.74, 6) is 0.738. The number of aromatic nitrogens is 2. The molecule has 5 heteroatoms. The molecule has 3 aromatic rings. The molecule has 0 fully saturated rings. The zero-order valence-electron chi connectivity index (χ0n) is 12.4. The summed E-state index contributed by atoms with van der Waals surface area (Å²) in [6, 6.07) is 14.4. The predicted molar refractivity (Wildman–Crippen MR) is 85.5 cm³/mol. The Hall–Kier alpha value is -2.82. The zero-order chi connectivity index (χ0) is 15.7. The van der Waals surface area contributed by atoms with Crippen LogP contribution in [0, 0.1) is 0 Å². The summed E-state index contributed by atoms with van der Waals surface area (Å²) in [7, 11) is 3.27. The molecule has 0 aliphatic rings. The van der Waals surface area contributed by atoms with Crippen molar-refractivity contribution >= 4 is 10.9 Å². The molecule has 0 amide bonds. The van der Waals surface area contributed by atoms with Crippen molar-refractivity contribution in [2.24, 2.45) is 7.05 Å². The lowest BCUT2D eigenvalue weighted by atomic mass is 10.2. The molecule has 1 aromatic heterocycles. The molecule has 112 valence electrons. The Morgan fingerprint density at radius 2 is 1.68 bits per heavy atom. The normalized spacial score (nSPS) is 10.8. The van der Waals surface area contributed by atoms with Crippen LogP contribution >= 0.6 is 0 Å². The van der Waals surface area contributed by atoms with Crippen molar-refractivity contribution in [2.45, 2.75) is 6.54 Å². The van der Waals surface area contributed by atoms with Gasteiger partial charge in [0.25, 0.3) is 5.56 Å². The first-order chi connectivity index (χ1) is 10.6. The summed E-state index contributed by atoms with van der Waals surface area (Å²) in [5.41, 5.74) is 0.924. The third kappa shape index (κ3) is 2.30. The number of hydrogen-bond acceptors (Lipinski definition) is 3. The van der Waals surface area contributed by atoms with E-state index in [2.05, 4.69) is 0 Å². The van der Waals surface area contributed by atoms with Crippen molar-refractivity contribution < 1.29 is 4.74 Å². The number of fused-ring (bicyclic) bond motifs is 1. The molecular weight excluding hydrogens is 280 g/mol. The third-order valence-corrected chi connectivity index (χ3v) is 3.76. The predicted octanol–water partition coefficient (Wildman–Crippen LogP) is 1.76. The zero-order valence-corrected chi connectivity index (χ0v) is 12.4. The Morgan fingerprint density at radius 3 is 2.36 bits per heavy atom. The summed E-state index contributed by atoms with van der Waals surface area (Å²) >= 11 is 0. The second-order valence-electron chi connectivity index (χ2n) is 5.10. The van der Waals surface area contributed by atoms with E-state index in [1.807, 2.05) is 30.3 Å². The van der Waals surface area contributed by atoms with Crippen molar-refractivity contribution in [1.29, 1.82) is 0 Å². The number of para-hydroxylation sites is 1. The molecule has 5 nitrogen and oxygen atoms in total. The van der Waals surface area contributed by atoms with Crippen molar-refractivity contribution in [3.05, 3.63) is 74.9 Å². The van der Waals surface area contributed by atoms with E-state index in [0.29, 0.717) is 10.9 Å². The van der Waals surface area contributed by atoms with Gasteiger partial charge in [-0.05, 0) is 29.8 Å². The Morgan fingerprint density at radius 1 is 1.00 bits per heavy atom. The molecule has 0 N–H and O–H groups in total. The third-order valence-electron chi connectivity index (χ3n) is 3.76. The molecule has 1 heterocycles. The molecule has 0 saturated heterocycles. The van der Waals surface area contributed by atoms with Crippen LogP contribution in [0.1, 0.15) is 5.56 Å². The highest BCUT2D eigenvalue weighted by Crippen LogP contribution is 2.12. The monoisotopic (exact) mass is 296 g/mol. The van der Waals surface area contributed by atoms with Crippen molar-refractivity contribution in [1.82, 2.24) is 9.13 Å². The van der Waals surface area contributed by atoms with Gasteiger partial charge >= 0.3 is 5.69 Å². The van der Waals surface area contributed by atoms with E-state index < -0.39 is 0 Å². The smallest absolute Gasteiger partial charge is 0.331 e. The average Bonchev–Trinajstić information content (AvgIpc) is 2.57. The highest BCUT2D eigenvalue weighted by atomic mass is 16.5. The Kier molecular flexibility index (Phi) is 3.55. The molecule has 0 radical (unpaired) electrons. The molecular formula is C17H16N2O3. The van der Waals surface area contributed by atoms with E-state index >= 15 is 0 Å². The standard InChI is InChI=1S/C17H16N2O3/c1-18-15-6-4-3-5-14(15)16(20)19(17(18)21)11-12-7-9-13(22-2)10-8-12/h3-10H,11H2,1-2H3. The van der Waals surface area contributed by atoms with Crippen molar-refractivity contribution in [3.63, 3.8) is 0 Å². The van der Waals surface area contributed by atoms with Gasteiger partial charge in [-0.3, -0.25) is 13.9 Å². The SMILES string of the molecule is COc1ccc(Cn2c(=O)c3ccccc3n(C)c2=O)cc1. The van der Waals surface area contributed by atoms with E-state index in [4.69, 9.17) is 4.74 Å². The lowest BCUT2D eigenvalue weighted by molar-refractivity contribution is 0.414. The van der Waals surface area contributed by atoms with Crippen LogP contribution in [0.4, 0.5) is 0 Å². The number of nitrogens with zero attached hydrogens (tertiary/aromatic N) is 2. The molecule has 0 aliphatic carbocycles. The number of ether oxygens (including phenoxy) is 1. The second kappa shape index (κ2) is 5.52. The van der Waals surface area contributed by atoms with Gasteiger partial charge in [0.15, 0.2) is 0 Å². The molecule has 0 saturated carbocycles. The lowest BCUT2D eigenvalue weighted by Crippen LogP contribution is -2.39. The number of rotatable bonds is 3. The van der Waals surface area contributed by atoms with Crippen molar-refractivity contribution in [3.8, 4) is 5.75 Å². The minimum absolute atomic E-state index is 0.236. The number of aryl methyl sites for hydroxylation is 1. The number of methoxy groups -OCH3 is 1. The Balaban J connectivity index is 2.14. The van der Waals surface area contributed by atoms with Gasteiger partial charge in [-0.1, -0.05) is 24.3 Å². The molecule has 0 atom stereocenters. The number of hydrogen-bond donors (Lipinski definition) is 0. The van der Waals surface area contributed by atoms with E-state index in [0.717, 1.165) is 11.3 Å². The first-order valence-corrected chi connectivity index (χ1v) is 6.93. The maximum atomic E-state index is 12.6. The molecule has 0 aliphatic heterocycles. The van der Waals surface area contributed by atoms with Gasteiger partial charge in [-0.15, -0.1) is 0 Å². The van der Waals surface area contributed by atoms with Crippen LogP contribution in [0.25, 0.3) is 10.9 Å². The first-order valence-electron chi connectivity index (χ1n) is 6.93. The summed E-state index contributed by atoms with van der Waals surface area (Å²) < 4.78 is 7.86. The largest absolute Gasteiger partial charge is 0.497 e. The minimum atomic E-state index is -0.320. The summed E-state index contributed by atoms with van der Waals surface area (Å²) in [5, 5.41) is 0.540. The second-order valence-corrected chi connectivity index (χ2v) is 5.10. The van der Waals surface area contributed by atoms with Gasteiger partial charge in [0.2, 0.25) is 0 Å². The topological polar surface area (TPSA) is 53.2 Å². The fraction of sp³-hybridized carbons (Fsp3) is 0.176. The maximum absolute atomic E-state index is 12.6. The highest BCUT2D eigenvalue weighted by Gasteiger charge is 2.10. The van der Waals surface area contributed by atoms with E-state index in [-0.39, 0.29) is 17.8 Å². The van der Waals surface area contributed by atoms with Gasteiger partial charge in [-0.2, -0.15) is 0 Å². The highest BCUT2D eigenvalue weighted by molar-refractivity contribution is 5.77. The molecule has 0 bridgehead atoms. The summed E-state index contributed by atoms with van der Waals surface area (Å²) in [6.07, 6.45) is 0. The van der Waals surface area contributed by atoms with Crippen molar-refractivity contribution in [2.75, 3.05) is 7.11 Å². The van der Waals surface area contributed by atoms with Crippen LogP contribution in [0.5, 0.6) is 5.75 Å². The van der Waals surface area contributed by atoms with Gasteiger partial charge in [0.05, 0.1) is 24.6 Å². The van der Waals surface area contributed by atoms with Gasteiger partial charge in [0, 0.05) is 7.05 Å². The van der Waals surface area contributed by atoms with Crippen LogP contribution in [0.2, 0.25) is 0 Å². The molecule has 22 heavy (non-hydrogen) atoms. The number of benzene rings is 2. The van der Waals surface area contributed by atoms with E-state index in [1.165, 1.54) is 9.13 Å². The summed E-state index contributed by atoms with van der Waals surface area (Å²) in [6.45, 7) is 0.236. The maximum Gasteiger partial charge on any atom is 0.331 e. The summed E-state index contributed by atoms with van der Waals surface area (Å²) in [4.78, 5) is 25.0. The van der Waals surface area contributed by atoms with Crippen LogP contribution in [-0.4, -0.2) is 16.2 Å². The van der Waals surface area contributed by atoms with Gasteiger partial charge < -0.3 is 4.74 Å². The average molecular weight is 296 g/mol. The van der Waals surface area contributed by atoms with Gasteiger partial charge in [-0.25, -0.2) is 4.79 Å². The minimum Gasteiger partial charge on any atom is -0.497 e. The van der Waals surface area contributed by atoms with Gasteiger partial charge in [0.1, 0.15) is 5.75 Å². The lowest BCUT2D eigenvalue weighted by Gasteiger charge is -2.11. The Bertz CT molecular complexity index is 937. The van der Waals surface area contributed by atoms with Crippen LogP contribution in [0.15, 0.2) is 58.1 Å². The fourth-order valence-corrected chi connectivity index (χ4v) is 2.52. The molecule has 2 aromatic carbocycles. The van der Waals surface area contributed by atoms with Crippen LogP contribution in [0.3, 0.4) is 0 Å². The molecule has 0 unspecified atom stereocenters. The molecule has 0 spiro atoms. The first kappa shape index (κ1) is 14.1. The quantitative estimate of drug-likeness (QED) is 0.740.